The van der Waals surface area contributed by atoms with Crippen molar-refractivity contribution < 1.29 is 5.11 Å². The number of H-pyrrole nitrogens is 1. The van der Waals surface area contributed by atoms with Crippen LogP contribution >= 0.6 is 0 Å². The molecule has 0 radical (unpaired) electrons. The Morgan fingerprint density at radius 2 is 1.34 bits per heavy atom. The normalized spacial score (nSPS) is 10.9. The molecule has 0 saturated heterocycles. The molecule has 4 aromatic rings. The molecule has 0 unspecified atom stereocenters. The zero-order chi connectivity index (χ0) is 25.3. The van der Waals surface area contributed by atoms with Crippen LogP contribution in [-0.4, -0.2) is 15.1 Å². The first-order valence-electron chi connectivity index (χ1n) is 12.7. The summed E-state index contributed by atoms with van der Waals surface area (Å²) in [7, 11) is 0. The Labute approximate surface area is 211 Å². The number of rotatable bonds is 4. The van der Waals surface area contributed by atoms with E-state index in [4.69, 9.17) is 5.11 Å². The van der Waals surface area contributed by atoms with Gasteiger partial charge in [0.05, 0.1) is 6.33 Å². The van der Waals surface area contributed by atoms with Gasteiger partial charge in [-0.3, -0.25) is 0 Å². The number of phenols is 1. The number of hydrogen-bond donors (Lipinski definition) is 2. The monoisotopic (exact) mass is 468 g/mol. The van der Waals surface area contributed by atoms with Crippen LogP contribution in [0.3, 0.4) is 0 Å². The van der Waals surface area contributed by atoms with Crippen LogP contribution in [0.2, 0.25) is 0 Å². The van der Waals surface area contributed by atoms with Crippen molar-refractivity contribution in [3.8, 4) is 5.75 Å². The quantitative estimate of drug-likeness (QED) is 0.317. The van der Waals surface area contributed by atoms with E-state index in [1.165, 1.54) is 33.5 Å². The lowest BCUT2D eigenvalue weighted by atomic mass is 10.0. The fourth-order valence-electron chi connectivity index (χ4n) is 3.61. The summed E-state index contributed by atoms with van der Waals surface area (Å²) in [5, 5.41) is 8.85. The van der Waals surface area contributed by atoms with Gasteiger partial charge in [-0.25, -0.2) is 4.98 Å². The number of nitrogens with zero attached hydrogens (tertiary/aromatic N) is 1. The van der Waals surface area contributed by atoms with E-state index in [-0.39, 0.29) is 0 Å². The van der Waals surface area contributed by atoms with E-state index in [0.717, 1.165) is 32.1 Å². The van der Waals surface area contributed by atoms with E-state index in [0.29, 0.717) is 5.75 Å². The summed E-state index contributed by atoms with van der Waals surface area (Å²) in [5.74, 6) is 0.340. The van der Waals surface area contributed by atoms with Crippen molar-refractivity contribution in [3.05, 3.63) is 125 Å². The van der Waals surface area contributed by atoms with Crippen molar-refractivity contribution in [2.75, 3.05) is 0 Å². The maximum absolute atomic E-state index is 8.85. The minimum absolute atomic E-state index is 0.340. The minimum atomic E-state index is 0.340. The lowest BCUT2D eigenvalue weighted by Crippen LogP contribution is -1.81. The van der Waals surface area contributed by atoms with E-state index in [1.54, 1.807) is 18.5 Å². The zero-order valence-corrected chi connectivity index (χ0v) is 21.7. The van der Waals surface area contributed by atoms with Crippen LogP contribution in [0.25, 0.3) is 5.57 Å². The molecule has 3 heteroatoms. The fourth-order valence-corrected chi connectivity index (χ4v) is 3.61. The van der Waals surface area contributed by atoms with E-state index in [2.05, 4.69) is 92.3 Å². The molecule has 0 atom stereocenters. The number of aromatic amines is 1. The van der Waals surface area contributed by atoms with Gasteiger partial charge in [-0.2, -0.15) is 0 Å². The van der Waals surface area contributed by atoms with E-state index in [1.807, 2.05) is 24.4 Å². The smallest absolute Gasteiger partial charge is 0.115 e. The summed E-state index contributed by atoms with van der Waals surface area (Å²) in [5.41, 5.74) is 8.33. The summed E-state index contributed by atoms with van der Waals surface area (Å²) in [6.45, 7) is 8.56. The lowest BCUT2D eigenvalue weighted by Gasteiger charge is -2.00. The molecule has 0 saturated carbocycles. The highest BCUT2D eigenvalue weighted by molar-refractivity contribution is 5.72. The minimum Gasteiger partial charge on any atom is -0.508 e. The Kier molecular flexibility index (Phi) is 12.7. The number of hydrogen-bond acceptors (Lipinski definition) is 2. The molecule has 0 amide bonds. The third kappa shape index (κ3) is 10.1. The van der Waals surface area contributed by atoms with Crippen molar-refractivity contribution in [1.82, 2.24) is 9.97 Å². The molecule has 2 N–H and O–H groups in total. The Balaban J connectivity index is 0.000000167. The number of aromatic nitrogens is 2. The van der Waals surface area contributed by atoms with Crippen molar-refractivity contribution in [3.63, 3.8) is 0 Å². The van der Waals surface area contributed by atoms with Gasteiger partial charge in [-0.15, -0.1) is 0 Å². The number of nitrogens with one attached hydrogen (secondary N) is 1. The van der Waals surface area contributed by atoms with Crippen LogP contribution in [0.5, 0.6) is 5.75 Å². The molecule has 35 heavy (non-hydrogen) atoms. The molecule has 3 aromatic carbocycles. The molecule has 184 valence electrons. The van der Waals surface area contributed by atoms with Gasteiger partial charge in [-0.1, -0.05) is 101 Å². The molecule has 1 aromatic heterocycles. The number of imidazole rings is 1. The van der Waals surface area contributed by atoms with Gasteiger partial charge in [0.25, 0.3) is 0 Å². The maximum Gasteiger partial charge on any atom is 0.115 e. The highest BCUT2D eigenvalue weighted by atomic mass is 16.3. The van der Waals surface area contributed by atoms with Crippen molar-refractivity contribution in [2.24, 2.45) is 0 Å². The van der Waals surface area contributed by atoms with E-state index < -0.39 is 0 Å². The fraction of sp³-hybridized carbons (Fsp3) is 0.281. The molecule has 3 nitrogen and oxygen atoms in total. The molecule has 0 fully saturated rings. The average Bonchev–Trinajstić information content (AvgIpc) is 3.61. The largest absolute Gasteiger partial charge is 0.508 e. The van der Waals surface area contributed by atoms with Crippen LogP contribution in [0, 0.1) is 0 Å². The van der Waals surface area contributed by atoms with E-state index >= 15 is 0 Å². The number of aromatic hydroxyl groups is 1. The zero-order valence-electron chi connectivity index (χ0n) is 21.7. The number of fused-ring (bicyclic) bond motifs is 1. The molecular weight excluding hydrogens is 428 g/mol. The first kappa shape index (κ1) is 27.7. The molecular formula is C32H40N2O. The molecule has 1 heterocycles. The molecule has 5 rings (SSSR count). The number of phenolic OH excluding ortho intramolecular Hbond substituents is 1. The second-order valence-corrected chi connectivity index (χ2v) is 8.23. The summed E-state index contributed by atoms with van der Waals surface area (Å²) < 4.78 is 0. The predicted molar refractivity (Wildman–Crippen MR) is 150 cm³/mol. The van der Waals surface area contributed by atoms with Crippen molar-refractivity contribution in [2.45, 2.75) is 59.8 Å². The second kappa shape index (κ2) is 16.1. The van der Waals surface area contributed by atoms with Gasteiger partial charge < -0.3 is 10.1 Å². The molecule has 0 bridgehead atoms. The molecule has 0 aliphatic heterocycles. The lowest BCUT2D eigenvalue weighted by molar-refractivity contribution is 0.475. The number of aryl methyl sites for hydroxylation is 3. The Morgan fingerprint density at radius 1 is 0.714 bits per heavy atom. The van der Waals surface area contributed by atoms with Crippen molar-refractivity contribution in [1.29, 1.82) is 0 Å². The number of allylic oxidation sites excluding steroid dienone is 2. The Morgan fingerprint density at radius 3 is 1.86 bits per heavy atom. The highest BCUT2D eigenvalue weighted by Gasteiger charge is 2.10. The summed E-state index contributed by atoms with van der Waals surface area (Å²) >= 11 is 0. The van der Waals surface area contributed by atoms with Gasteiger partial charge >= 0.3 is 0 Å². The standard InChI is InChI=1S/C11H12.C8H10O.C8H10.C5H8N2/c1-2-9-7-8-10-5-3-4-6-11(9)10;1-2-7-3-5-8(9)6-4-7;1-2-8-6-4-3-5-7-8;1-2-5-3-6-4-7-5/h3-7H,2,8H2,1H3;3-6,9H,2H2,1H3;3-7H,2H2,1H3;3-4H,2H2,1H3,(H,6,7). The highest BCUT2D eigenvalue weighted by Crippen LogP contribution is 2.28. The topological polar surface area (TPSA) is 48.9 Å². The Hall–Kier alpha value is -3.59. The van der Waals surface area contributed by atoms with Crippen LogP contribution in [0.4, 0.5) is 0 Å². The molecule has 1 aliphatic carbocycles. The first-order valence-corrected chi connectivity index (χ1v) is 12.7. The van der Waals surface area contributed by atoms with Crippen LogP contribution < -0.4 is 0 Å². The van der Waals surface area contributed by atoms with Gasteiger partial charge in [-0.05, 0) is 72.1 Å². The van der Waals surface area contributed by atoms with Gasteiger partial charge in [0.1, 0.15) is 5.75 Å². The van der Waals surface area contributed by atoms with E-state index in [9.17, 15) is 0 Å². The van der Waals surface area contributed by atoms with Crippen LogP contribution in [-0.2, 0) is 25.7 Å². The SMILES string of the molecule is CCC1=CCc2ccccc21.CCc1ccc(O)cc1.CCc1ccccc1.CCc1cnc[nH]1. The molecule has 0 spiro atoms. The van der Waals surface area contributed by atoms with Crippen LogP contribution in [0.1, 0.15) is 62.1 Å². The number of benzene rings is 3. The third-order valence-corrected chi connectivity index (χ3v) is 5.84. The van der Waals surface area contributed by atoms with Crippen LogP contribution in [0.15, 0.2) is 97.5 Å². The summed E-state index contributed by atoms with van der Waals surface area (Å²) in [6, 6.07) is 26.4. The third-order valence-electron chi connectivity index (χ3n) is 5.84. The summed E-state index contributed by atoms with van der Waals surface area (Å²) in [4.78, 5) is 6.81. The first-order chi connectivity index (χ1) is 17.1. The van der Waals surface area contributed by atoms with Crippen molar-refractivity contribution >= 4 is 5.57 Å². The van der Waals surface area contributed by atoms with Gasteiger partial charge in [0.2, 0.25) is 0 Å². The summed E-state index contributed by atoms with van der Waals surface area (Å²) in [6.07, 6.45) is 11.4. The van der Waals surface area contributed by atoms with Gasteiger partial charge in [0, 0.05) is 11.9 Å². The average molecular weight is 469 g/mol. The Bertz CT molecular complexity index is 1100. The maximum atomic E-state index is 8.85. The molecule has 1 aliphatic rings. The second-order valence-electron chi connectivity index (χ2n) is 8.23. The predicted octanol–water partition coefficient (Wildman–Crippen LogP) is 8.21. The van der Waals surface area contributed by atoms with Gasteiger partial charge in [0.15, 0.2) is 0 Å².